The van der Waals surface area contributed by atoms with Gasteiger partial charge in [0.15, 0.2) is 0 Å². The zero-order valence-electron chi connectivity index (χ0n) is 12.0. The Hall–Kier alpha value is -2.05. The van der Waals surface area contributed by atoms with Gasteiger partial charge in [0, 0.05) is 38.4 Å². The molecule has 0 bridgehead atoms. The predicted molar refractivity (Wildman–Crippen MR) is 76.9 cm³/mol. The van der Waals surface area contributed by atoms with Crippen LogP contribution in [0.2, 0.25) is 0 Å². The van der Waals surface area contributed by atoms with Crippen molar-refractivity contribution in [3.63, 3.8) is 0 Å². The van der Waals surface area contributed by atoms with Crippen molar-refractivity contribution in [2.45, 2.75) is 31.7 Å². The average Bonchev–Trinajstić information content (AvgIpc) is 3.20. The van der Waals surface area contributed by atoms with E-state index >= 15 is 0 Å². The van der Waals surface area contributed by atoms with Gasteiger partial charge in [-0.25, -0.2) is 4.79 Å². The lowest BCUT2D eigenvalue weighted by atomic mass is 10.1. The van der Waals surface area contributed by atoms with E-state index in [2.05, 4.69) is 15.5 Å². The molecule has 0 radical (unpaired) electrons. The summed E-state index contributed by atoms with van der Waals surface area (Å²) in [5, 5.41) is 9.42. The van der Waals surface area contributed by atoms with E-state index in [-0.39, 0.29) is 18.0 Å². The summed E-state index contributed by atoms with van der Waals surface area (Å²) in [4.78, 5) is 28.0. The molecule has 7 nitrogen and oxygen atoms in total. The molecule has 0 spiro atoms. The number of nitrogens with one attached hydrogen (secondary N) is 2. The summed E-state index contributed by atoms with van der Waals surface area (Å²) in [5.41, 5.74) is 0.477. The molecule has 2 aliphatic rings. The second-order valence-electron chi connectivity index (χ2n) is 5.68. The number of carbonyl (C=O) groups is 2. The second-order valence-corrected chi connectivity index (χ2v) is 5.68. The van der Waals surface area contributed by atoms with Crippen LogP contribution < -0.4 is 5.32 Å². The number of hydrogen-bond donors (Lipinski definition) is 2. The molecule has 2 fully saturated rings. The van der Waals surface area contributed by atoms with Crippen LogP contribution in [0.1, 0.15) is 36.2 Å². The molecule has 0 aliphatic carbocycles. The highest BCUT2D eigenvalue weighted by atomic mass is 16.2. The number of hydrogen-bond acceptors (Lipinski definition) is 3. The molecule has 0 saturated carbocycles. The quantitative estimate of drug-likeness (QED) is 0.846. The molecule has 3 amide bonds. The maximum Gasteiger partial charge on any atom is 0.319 e. The van der Waals surface area contributed by atoms with Crippen molar-refractivity contribution in [3.8, 4) is 0 Å². The number of urea groups is 1. The van der Waals surface area contributed by atoms with Crippen LogP contribution in [-0.4, -0.2) is 64.2 Å². The maximum absolute atomic E-state index is 12.3. The first-order valence-electron chi connectivity index (χ1n) is 7.58. The first-order valence-corrected chi connectivity index (χ1v) is 7.58. The highest BCUT2D eigenvalue weighted by Gasteiger charge is 2.28. The average molecular weight is 291 g/mol. The third kappa shape index (κ3) is 3.17. The van der Waals surface area contributed by atoms with Crippen LogP contribution in [0.4, 0.5) is 4.79 Å². The van der Waals surface area contributed by atoms with Gasteiger partial charge in [-0.15, -0.1) is 0 Å². The summed E-state index contributed by atoms with van der Waals surface area (Å²) in [5.74, 6) is -0.128. The standard InChI is InChI=1S/C14H21N5O2/c20-13(12-3-6-15-17-12)16-11-4-9-19(10-5-11)14(21)18-7-1-2-8-18/h3,6,11H,1-2,4-5,7-10H2,(H,15,17)(H,16,20). The summed E-state index contributed by atoms with van der Waals surface area (Å²) in [6.07, 6.45) is 5.40. The minimum atomic E-state index is -0.128. The largest absolute Gasteiger partial charge is 0.348 e. The van der Waals surface area contributed by atoms with E-state index in [0.29, 0.717) is 18.8 Å². The Bertz CT molecular complexity index is 487. The molecule has 3 heterocycles. The number of nitrogens with zero attached hydrogens (tertiary/aromatic N) is 3. The second kappa shape index (κ2) is 6.15. The van der Waals surface area contributed by atoms with Crippen LogP contribution in [0.25, 0.3) is 0 Å². The summed E-state index contributed by atoms with van der Waals surface area (Å²) in [7, 11) is 0. The van der Waals surface area contributed by atoms with Crippen molar-refractivity contribution in [2.75, 3.05) is 26.2 Å². The lowest BCUT2D eigenvalue weighted by molar-refractivity contribution is 0.0907. The number of aromatic amines is 1. The smallest absolute Gasteiger partial charge is 0.319 e. The Kier molecular flexibility index (Phi) is 4.08. The van der Waals surface area contributed by atoms with Crippen molar-refractivity contribution in [1.82, 2.24) is 25.3 Å². The highest BCUT2D eigenvalue weighted by molar-refractivity contribution is 5.92. The minimum Gasteiger partial charge on any atom is -0.348 e. The van der Waals surface area contributed by atoms with Gasteiger partial charge in [-0.2, -0.15) is 5.10 Å². The topological polar surface area (TPSA) is 81.3 Å². The van der Waals surface area contributed by atoms with Crippen molar-refractivity contribution in [3.05, 3.63) is 18.0 Å². The van der Waals surface area contributed by atoms with Gasteiger partial charge in [0.25, 0.3) is 5.91 Å². The van der Waals surface area contributed by atoms with E-state index < -0.39 is 0 Å². The molecule has 3 rings (SSSR count). The van der Waals surface area contributed by atoms with Gasteiger partial charge in [0.1, 0.15) is 5.69 Å². The van der Waals surface area contributed by atoms with Crippen LogP contribution >= 0.6 is 0 Å². The predicted octanol–water partition coefficient (Wildman–Crippen LogP) is 0.820. The number of H-pyrrole nitrogens is 1. The first kappa shape index (κ1) is 13.9. The molecule has 1 aromatic heterocycles. The number of carbonyl (C=O) groups excluding carboxylic acids is 2. The number of likely N-dealkylation sites (tertiary alicyclic amines) is 2. The van der Waals surface area contributed by atoms with Gasteiger partial charge in [-0.3, -0.25) is 9.89 Å². The number of amides is 3. The van der Waals surface area contributed by atoms with Crippen molar-refractivity contribution < 1.29 is 9.59 Å². The molecule has 114 valence electrons. The Labute approximate surface area is 123 Å². The van der Waals surface area contributed by atoms with Gasteiger partial charge in [0.05, 0.1) is 0 Å². The Balaban J connectivity index is 1.46. The third-order valence-corrected chi connectivity index (χ3v) is 4.22. The Morgan fingerprint density at radius 3 is 2.43 bits per heavy atom. The zero-order valence-corrected chi connectivity index (χ0v) is 12.0. The first-order chi connectivity index (χ1) is 10.2. The summed E-state index contributed by atoms with van der Waals surface area (Å²) < 4.78 is 0. The van der Waals surface area contributed by atoms with Crippen LogP contribution in [0.5, 0.6) is 0 Å². The number of piperidine rings is 1. The maximum atomic E-state index is 12.3. The Morgan fingerprint density at radius 1 is 1.14 bits per heavy atom. The molecular formula is C14H21N5O2. The fourth-order valence-corrected chi connectivity index (χ4v) is 2.97. The van der Waals surface area contributed by atoms with Crippen LogP contribution in [-0.2, 0) is 0 Å². The number of aromatic nitrogens is 2. The number of rotatable bonds is 2. The molecule has 7 heteroatoms. The molecular weight excluding hydrogens is 270 g/mol. The van der Waals surface area contributed by atoms with E-state index in [9.17, 15) is 9.59 Å². The lowest BCUT2D eigenvalue weighted by Crippen LogP contribution is -2.50. The molecule has 0 atom stereocenters. The van der Waals surface area contributed by atoms with Gasteiger partial charge >= 0.3 is 6.03 Å². The monoisotopic (exact) mass is 291 g/mol. The van der Waals surface area contributed by atoms with Crippen molar-refractivity contribution in [2.24, 2.45) is 0 Å². The molecule has 0 unspecified atom stereocenters. The van der Waals surface area contributed by atoms with Crippen LogP contribution in [0.15, 0.2) is 12.3 Å². The van der Waals surface area contributed by atoms with E-state index in [1.54, 1.807) is 12.3 Å². The normalized spacial score (nSPS) is 19.8. The minimum absolute atomic E-state index is 0.128. The highest BCUT2D eigenvalue weighted by Crippen LogP contribution is 2.16. The summed E-state index contributed by atoms with van der Waals surface area (Å²) >= 11 is 0. The van der Waals surface area contributed by atoms with E-state index in [4.69, 9.17) is 0 Å². The molecule has 0 aromatic carbocycles. The SMILES string of the molecule is O=C(NC1CCN(C(=O)N2CCCC2)CC1)c1ccn[nH]1. The van der Waals surface area contributed by atoms with E-state index in [1.807, 2.05) is 9.80 Å². The summed E-state index contributed by atoms with van der Waals surface area (Å²) in [6.45, 7) is 3.19. The van der Waals surface area contributed by atoms with Crippen molar-refractivity contribution >= 4 is 11.9 Å². The van der Waals surface area contributed by atoms with Gasteiger partial charge in [-0.05, 0) is 31.7 Å². The molecule has 2 N–H and O–H groups in total. The molecule has 21 heavy (non-hydrogen) atoms. The van der Waals surface area contributed by atoms with Crippen LogP contribution in [0.3, 0.4) is 0 Å². The van der Waals surface area contributed by atoms with E-state index in [1.165, 1.54) is 0 Å². The fraction of sp³-hybridized carbons (Fsp3) is 0.643. The van der Waals surface area contributed by atoms with Gasteiger partial charge < -0.3 is 15.1 Å². The zero-order chi connectivity index (χ0) is 14.7. The third-order valence-electron chi connectivity index (χ3n) is 4.22. The van der Waals surface area contributed by atoms with Crippen molar-refractivity contribution in [1.29, 1.82) is 0 Å². The lowest BCUT2D eigenvalue weighted by Gasteiger charge is -2.34. The summed E-state index contributed by atoms with van der Waals surface area (Å²) in [6, 6.07) is 1.94. The molecule has 2 aliphatic heterocycles. The molecule has 2 saturated heterocycles. The molecule has 1 aromatic rings. The van der Waals surface area contributed by atoms with Gasteiger partial charge in [0.2, 0.25) is 0 Å². The fourth-order valence-electron chi connectivity index (χ4n) is 2.97. The Morgan fingerprint density at radius 2 is 1.81 bits per heavy atom. The van der Waals surface area contributed by atoms with Gasteiger partial charge in [-0.1, -0.05) is 0 Å². The van der Waals surface area contributed by atoms with E-state index in [0.717, 1.165) is 38.8 Å². The van der Waals surface area contributed by atoms with Crippen LogP contribution in [0, 0.1) is 0 Å².